The first-order valence-corrected chi connectivity index (χ1v) is 10.4. The Bertz CT molecular complexity index is 992. The molecule has 4 rings (SSSR count). The molecule has 0 saturated carbocycles. The van der Waals surface area contributed by atoms with Gasteiger partial charge in [0.15, 0.2) is 11.5 Å². The molecule has 1 saturated heterocycles. The van der Waals surface area contributed by atoms with Crippen molar-refractivity contribution in [2.24, 2.45) is 0 Å². The van der Waals surface area contributed by atoms with E-state index in [0.29, 0.717) is 47.7 Å². The van der Waals surface area contributed by atoms with Crippen molar-refractivity contribution in [2.75, 3.05) is 59.2 Å². The van der Waals surface area contributed by atoms with Gasteiger partial charge in [0.2, 0.25) is 5.75 Å². The molecule has 2 aromatic rings. The molecule has 0 radical (unpaired) electrons. The number of benzene rings is 2. The number of halogens is 1. The molecule has 1 fully saturated rings. The zero-order valence-electron chi connectivity index (χ0n) is 17.8. The van der Waals surface area contributed by atoms with Gasteiger partial charge in [-0.2, -0.15) is 0 Å². The van der Waals surface area contributed by atoms with Crippen molar-refractivity contribution in [1.29, 1.82) is 0 Å². The number of amides is 1. The zero-order chi connectivity index (χ0) is 22.0. The fourth-order valence-electron chi connectivity index (χ4n) is 3.90. The minimum absolute atomic E-state index is 0.0717. The summed E-state index contributed by atoms with van der Waals surface area (Å²) >= 11 is 6.26. The smallest absolute Gasteiger partial charge is 0.260 e. The van der Waals surface area contributed by atoms with Crippen LogP contribution in [-0.4, -0.2) is 65.1 Å². The Hall–Kier alpha value is -2.74. The number of hydrogen-bond acceptors (Lipinski definition) is 6. The van der Waals surface area contributed by atoms with E-state index >= 15 is 0 Å². The molecule has 164 valence electrons. The minimum Gasteiger partial charge on any atom is -0.493 e. The number of rotatable bonds is 6. The van der Waals surface area contributed by atoms with E-state index in [2.05, 4.69) is 4.90 Å². The maximum Gasteiger partial charge on any atom is 0.260 e. The van der Waals surface area contributed by atoms with Crippen molar-refractivity contribution in [3.8, 4) is 17.2 Å². The number of nitrogens with zero attached hydrogens (tertiary/aromatic N) is 2. The molecule has 2 aliphatic heterocycles. The Morgan fingerprint density at radius 3 is 2.32 bits per heavy atom. The second-order valence-electron chi connectivity index (χ2n) is 7.28. The van der Waals surface area contributed by atoms with Gasteiger partial charge in [0.1, 0.15) is 0 Å². The van der Waals surface area contributed by atoms with Crippen LogP contribution in [0.2, 0.25) is 5.02 Å². The lowest BCUT2D eigenvalue weighted by Crippen LogP contribution is -2.45. The number of anilines is 1. The first kappa shape index (κ1) is 21.5. The summed E-state index contributed by atoms with van der Waals surface area (Å²) in [5.41, 5.74) is 3.01. The fraction of sp³-hybridized carbons (Fsp3) is 0.348. The number of fused-ring (bicyclic) bond motifs is 1. The molecule has 1 amide bonds. The maximum atomic E-state index is 13.5. The molecule has 0 aromatic heterocycles. The number of methoxy groups -OCH3 is 3. The third-order valence-electron chi connectivity index (χ3n) is 5.46. The van der Waals surface area contributed by atoms with Gasteiger partial charge in [-0.1, -0.05) is 17.7 Å². The van der Waals surface area contributed by atoms with E-state index in [-0.39, 0.29) is 5.91 Å². The molecule has 2 aromatic carbocycles. The first-order valence-electron chi connectivity index (χ1n) is 9.99. The van der Waals surface area contributed by atoms with Gasteiger partial charge in [-0.25, -0.2) is 0 Å². The van der Waals surface area contributed by atoms with Gasteiger partial charge in [-0.15, -0.1) is 0 Å². The summed E-state index contributed by atoms with van der Waals surface area (Å²) in [6.07, 6.45) is 1.85. The second-order valence-corrected chi connectivity index (χ2v) is 7.72. The van der Waals surface area contributed by atoms with Crippen LogP contribution < -0.4 is 19.1 Å². The topological polar surface area (TPSA) is 60.5 Å². The highest BCUT2D eigenvalue weighted by molar-refractivity contribution is 6.37. The molecule has 7 nitrogen and oxygen atoms in total. The molecule has 0 N–H and O–H groups in total. The molecular weight excluding hydrogens is 420 g/mol. The molecule has 8 heteroatoms. The predicted molar refractivity (Wildman–Crippen MR) is 120 cm³/mol. The Labute approximate surface area is 186 Å². The maximum absolute atomic E-state index is 13.5. The highest BCUT2D eigenvalue weighted by Gasteiger charge is 2.34. The molecule has 2 heterocycles. The summed E-state index contributed by atoms with van der Waals surface area (Å²) in [7, 11) is 4.69. The highest BCUT2D eigenvalue weighted by Crippen LogP contribution is 2.42. The summed E-state index contributed by atoms with van der Waals surface area (Å²) in [5, 5.41) is 0.590. The van der Waals surface area contributed by atoms with Crippen molar-refractivity contribution in [3.05, 3.63) is 46.5 Å². The molecular formula is C23H25ClN2O5. The van der Waals surface area contributed by atoms with Crippen LogP contribution in [0.3, 0.4) is 0 Å². The summed E-state index contributed by atoms with van der Waals surface area (Å²) in [6, 6.07) is 9.17. The van der Waals surface area contributed by atoms with Crippen molar-refractivity contribution in [2.45, 2.75) is 0 Å². The third kappa shape index (κ3) is 4.21. The van der Waals surface area contributed by atoms with Crippen LogP contribution in [0.25, 0.3) is 11.6 Å². The van der Waals surface area contributed by atoms with E-state index in [0.717, 1.165) is 29.9 Å². The quantitative estimate of drug-likeness (QED) is 0.635. The lowest BCUT2D eigenvalue weighted by molar-refractivity contribution is -0.113. The van der Waals surface area contributed by atoms with E-state index in [1.54, 1.807) is 32.3 Å². The van der Waals surface area contributed by atoms with Gasteiger partial charge in [-0.3, -0.25) is 14.6 Å². The third-order valence-corrected chi connectivity index (χ3v) is 5.69. The Balaban J connectivity index is 1.75. The molecule has 0 unspecified atom stereocenters. The monoisotopic (exact) mass is 444 g/mol. The van der Waals surface area contributed by atoms with Crippen LogP contribution in [0.15, 0.2) is 30.3 Å². The van der Waals surface area contributed by atoms with Crippen molar-refractivity contribution >= 4 is 34.8 Å². The van der Waals surface area contributed by atoms with Crippen LogP contribution >= 0.6 is 11.6 Å². The Morgan fingerprint density at radius 1 is 1.03 bits per heavy atom. The van der Waals surface area contributed by atoms with E-state index in [4.69, 9.17) is 30.5 Å². The second kappa shape index (κ2) is 9.18. The summed E-state index contributed by atoms with van der Waals surface area (Å²) in [5.74, 6) is 1.49. The van der Waals surface area contributed by atoms with Gasteiger partial charge >= 0.3 is 0 Å². The van der Waals surface area contributed by atoms with E-state index in [1.807, 2.05) is 30.3 Å². The lowest BCUT2D eigenvalue weighted by Gasteiger charge is -2.30. The fourth-order valence-corrected chi connectivity index (χ4v) is 4.07. The van der Waals surface area contributed by atoms with Crippen LogP contribution in [0.5, 0.6) is 17.2 Å². The largest absolute Gasteiger partial charge is 0.493 e. The molecule has 31 heavy (non-hydrogen) atoms. The van der Waals surface area contributed by atoms with Crippen LogP contribution in [0.4, 0.5) is 5.69 Å². The summed E-state index contributed by atoms with van der Waals surface area (Å²) in [6.45, 7) is 3.39. The van der Waals surface area contributed by atoms with E-state index in [9.17, 15) is 4.79 Å². The SMILES string of the molecule is COc1cc(/C=C2\C(=O)N(CN3CCOCC3)c3cc(Cl)ccc32)cc(OC)c1OC. The lowest BCUT2D eigenvalue weighted by atomic mass is 10.0. The molecule has 2 aliphatic rings. The first-order chi connectivity index (χ1) is 15.0. The molecule has 0 aliphatic carbocycles. The Kier molecular flexibility index (Phi) is 6.36. The van der Waals surface area contributed by atoms with E-state index < -0.39 is 0 Å². The van der Waals surface area contributed by atoms with Crippen LogP contribution in [-0.2, 0) is 9.53 Å². The molecule has 0 spiro atoms. The van der Waals surface area contributed by atoms with Crippen LogP contribution in [0.1, 0.15) is 11.1 Å². The summed E-state index contributed by atoms with van der Waals surface area (Å²) < 4.78 is 21.7. The van der Waals surface area contributed by atoms with Gasteiger partial charge in [0, 0.05) is 29.2 Å². The standard InChI is InChI=1S/C23H25ClN2O5/c1-28-20-11-15(12-21(29-2)22(20)30-3)10-18-17-5-4-16(24)13-19(17)26(23(18)27)14-25-6-8-31-9-7-25/h4-5,10-13H,6-9,14H2,1-3H3/b18-10-. The van der Waals surface area contributed by atoms with Crippen molar-refractivity contribution < 1.29 is 23.7 Å². The van der Waals surface area contributed by atoms with Gasteiger partial charge in [0.05, 0.1) is 46.9 Å². The Morgan fingerprint density at radius 2 is 1.71 bits per heavy atom. The van der Waals surface area contributed by atoms with Crippen LogP contribution in [0, 0.1) is 0 Å². The number of morpholine rings is 1. The summed E-state index contributed by atoms with van der Waals surface area (Å²) in [4.78, 5) is 17.4. The normalized spacial score (nSPS) is 17.7. The van der Waals surface area contributed by atoms with Crippen molar-refractivity contribution in [1.82, 2.24) is 4.90 Å². The highest BCUT2D eigenvalue weighted by atomic mass is 35.5. The van der Waals surface area contributed by atoms with Gasteiger partial charge in [0.25, 0.3) is 5.91 Å². The average molecular weight is 445 g/mol. The van der Waals surface area contributed by atoms with Crippen molar-refractivity contribution in [3.63, 3.8) is 0 Å². The zero-order valence-corrected chi connectivity index (χ0v) is 18.6. The molecule has 0 bridgehead atoms. The number of carbonyl (C=O) groups excluding carboxylic acids is 1. The van der Waals surface area contributed by atoms with Gasteiger partial charge < -0.3 is 18.9 Å². The number of carbonyl (C=O) groups is 1. The number of hydrogen-bond donors (Lipinski definition) is 0. The minimum atomic E-state index is -0.0717. The van der Waals surface area contributed by atoms with Gasteiger partial charge in [-0.05, 0) is 35.9 Å². The number of ether oxygens (including phenoxy) is 4. The predicted octanol–water partition coefficient (Wildman–Crippen LogP) is 3.54. The average Bonchev–Trinajstić information content (AvgIpc) is 3.04. The molecule has 0 atom stereocenters. The van der Waals surface area contributed by atoms with E-state index in [1.165, 1.54) is 0 Å².